The van der Waals surface area contributed by atoms with Crippen LogP contribution in [0.1, 0.15) is 24.5 Å². The molecule has 0 saturated carbocycles. The highest BCUT2D eigenvalue weighted by Crippen LogP contribution is 2.19. The molecule has 0 fully saturated rings. The van der Waals surface area contributed by atoms with Crippen LogP contribution in [0.2, 0.25) is 0 Å². The van der Waals surface area contributed by atoms with Gasteiger partial charge in [-0.15, -0.1) is 0 Å². The third kappa shape index (κ3) is 5.64. The number of nitrogens with zero attached hydrogens (tertiary/aromatic N) is 1. The number of nitrogens with one attached hydrogen (secondary N) is 2. The van der Waals surface area contributed by atoms with Crippen LogP contribution in [0.3, 0.4) is 0 Å². The van der Waals surface area contributed by atoms with E-state index in [-0.39, 0.29) is 31.4 Å². The van der Waals surface area contributed by atoms with Gasteiger partial charge < -0.3 is 15.4 Å². The molecule has 0 radical (unpaired) electrons. The number of benzene rings is 2. The first-order valence-electron chi connectivity index (χ1n) is 8.36. The molecular weight excluding hydrogens is 330 g/mol. The molecule has 26 heavy (non-hydrogen) atoms. The second-order valence-corrected chi connectivity index (χ2v) is 5.57. The lowest BCUT2D eigenvalue weighted by molar-refractivity contribution is -0.120. The first kappa shape index (κ1) is 19.0. The van der Waals surface area contributed by atoms with Crippen molar-refractivity contribution in [2.45, 2.75) is 26.3 Å². The number of hydrogen-bond donors (Lipinski definition) is 2. The van der Waals surface area contributed by atoms with E-state index in [2.05, 4.69) is 10.6 Å². The fourth-order valence-electron chi connectivity index (χ4n) is 2.39. The summed E-state index contributed by atoms with van der Waals surface area (Å²) in [5.74, 6) is 0.0574. The molecule has 0 unspecified atom stereocenters. The topological polar surface area (TPSA) is 91.2 Å². The Morgan fingerprint density at radius 3 is 2.46 bits per heavy atom. The summed E-state index contributed by atoms with van der Waals surface area (Å²) in [7, 11) is 0. The number of para-hydroxylation sites is 2. The average Bonchev–Trinajstić information content (AvgIpc) is 2.66. The van der Waals surface area contributed by atoms with Gasteiger partial charge in [0.2, 0.25) is 5.91 Å². The second kappa shape index (κ2) is 9.84. The Balaban J connectivity index is 1.94. The summed E-state index contributed by atoms with van der Waals surface area (Å²) in [6.07, 6.45) is 0.627. The van der Waals surface area contributed by atoms with Crippen molar-refractivity contribution < 1.29 is 14.3 Å². The highest BCUT2D eigenvalue weighted by Gasteiger charge is 2.09. The van der Waals surface area contributed by atoms with Crippen molar-refractivity contribution >= 4 is 17.5 Å². The van der Waals surface area contributed by atoms with Crippen LogP contribution in [-0.4, -0.2) is 18.4 Å². The number of carbonyl (C=O) groups is 2. The quantitative estimate of drug-likeness (QED) is 0.765. The zero-order chi connectivity index (χ0) is 18.8. The van der Waals surface area contributed by atoms with E-state index in [1.807, 2.05) is 37.3 Å². The number of hydrogen-bond acceptors (Lipinski definition) is 4. The van der Waals surface area contributed by atoms with Crippen LogP contribution in [-0.2, 0) is 22.6 Å². The van der Waals surface area contributed by atoms with E-state index >= 15 is 0 Å². The summed E-state index contributed by atoms with van der Waals surface area (Å²) in [5.41, 5.74) is 2.39. The zero-order valence-corrected chi connectivity index (χ0v) is 14.6. The molecular formula is C20H21N3O3. The molecule has 0 heterocycles. The van der Waals surface area contributed by atoms with Gasteiger partial charge in [-0.25, -0.2) is 0 Å². The second-order valence-electron chi connectivity index (χ2n) is 5.57. The molecule has 0 aliphatic carbocycles. The minimum atomic E-state index is -0.354. The molecule has 2 N–H and O–H groups in total. The highest BCUT2D eigenvalue weighted by molar-refractivity contribution is 5.92. The van der Waals surface area contributed by atoms with Crippen molar-refractivity contribution in [3.63, 3.8) is 0 Å². The van der Waals surface area contributed by atoms with Crippen molar-refractivity contribution in [3.05, 3.63) is 59.7 Å². The molecule has 2 amide bonds. The molecule has 0 bridgehead atoms. The van der Waals surface area contributed by atoms with Crippen LogP contribution in [0.15, 0.2) is 48.5 Å². The van der Waals surface area contributed by atoms with Crippen LogP contribution in [0.4, 0.5) is 5.69 Å². The van der Waals surface area contributed by atoms with Crippen LogP contribution in [0.5, 0.6) is 5.75 Å². The van der Waals surface area contributed by atoms with Gasteiger partial charge in [-0.2, -0.15) is 5.26 Å². The highest BCUT2D eigenvalue weighted by atomic mass is 16.5. The predicted octanol–water partition coefficient (Wildman–Crippen LogP) is 2.80. The fraction of sp³-hybridized carbons (Fsp3) is 0.250. The summed E-state index contributed by atoms with van der Waals surface area (Å²) >= 11 is 0. The van der Waals surface area contributed by atoms with Crippen molar-refractivity contribution in [2.75, 3.05) is 11.9 Å². The number of ether oxygens (including phenoxy) is 1. The van der Waals surface area contributed by atoms with Gasteiger partial charge in [0, 0.05) is 12.2 Å². The van der Waals surface area contributed by atoms with E-state index in [4.69, 9.17) is 10.00 Å². The zero-order valence-electron chi connectivity index (χ0n) is 14.6. The van der Waals surface area contributed by atoms with Gasteiger partial charge in [0.15, 0.2) is 6.61 Å². The van der Waals surface area contributed by atoms with Gasteiger partial charge in [-0.3, -0.25) is 9.59 Å². The first-order chi connectivity index (χ1) is 12.6. The Morgan fingerprint density at radius 1 is 1.04 bits per heavy atom. The SMILES string of the molecule is CCc1ccccc1OCC(=O)Nc1ccccc1CNC(=O)CC#N. The molecule has 0 aliphatic heterocycles. The van der Waals surface area contributed by atoms with Crippen LogP contribution < -0.4 is 15.4 Å². The third-order valence-corrected chi connectivity index (χ3v) is 3.72. The summed E-state index contributed by atoms with van der Waals surface area (Å²) in [5, 5.41) is 14.0. The molecule has 0 spiro atoms. The maximum atomic E-state index is 12.2. The summed E-state index contributed by atoms with van der Waals surface area (Å²) in [4.78, 5) is 23.6. The van der Waals surface area contributed by atoms with Gasteiger partial charge in [-0.05, 0) is 29.7 Å². The van der Waals surface area contributed by atoms with E-state index in [0.29, 0.717) is 11.4 Å². The fourth-order valence-corrected chi connectivity index (χ4v) is 2.39. The largest absolute Gasteiger partial charge is 0.483 e. The standard InChI is InChI=1S/C20H21N3O3/c1-2-15-7-4-6-10-18(15)26-14-20(25)23-17-9-5-3-8-16(17)13-22-19(24)11-12-21/h3-10H,2,11,13-14H2,1H3,(H,22,24)(H,23,25). The van der Waals surface area contributed by atoms with Crippen molar-refractivity contribution in [2.24, 2.45) is 0 Å². The smallest absolute Gasteiger partial charge is 0.262 e. The lowest BCUT2D eigenvalue weighted by Gasteiger charge is -2.13. The molecule has 134 valence electrons. The molecule has 0 aromatic heterocycles. The maximum Gasteiger partial charge on any atom is 0.262 e. The van der Waals surface area contributed by atoms with Crippen molar-refractivity contribution in [1.82, 2.24) is 5.32 Å². The molecule has 6 heteroatoms. The average molecular weight is 351 g/mol. The van der Waals surface area contributed by atoms with Gasteiger partial charge in [0.25, 0.3) is 5.91 Å². The lowest BCUT2D eigenvalue weighted by Crippen LogP contribution is -2.24. The number of nitriles is 1. The first-order valence-corrected chi connectivity index (χ1v) is 8.36. The summed E-state index contributed by atoms with van der Waals surface area (Å²) in [6.45, 7) is 2.15. The molecule has 2 aromatic carbocycles. The molecule has 0 saturated heterocycles. The van der Waals surface area contributed by atoms with E-state index in [1.165, 1.54) is 0 Å². The van der Waals surface area contributed by atoms with Crippen LogP contribution in [0, 0.1) is 11.3 Å². The van der Waals surface area contributed by atoms with Gasteiger partial charge in [0.05, 0.1) is 6.07 Å². The third-order valence-electron chi connectivity index (χ3n) is 3.72. The van der Waals surface area contributed by atoms with E-state index in [0.717, 1.165) is 17.5 Å². The summed E-state index contributed by atoms with van der Waals surface area (Å²) < 4.78 is 5.61. The lowest BCUT2D eigenvalue weighted by atomic mass is 10.1. The number of anilines is 1. The molecule has 2 rings (SSSR count). The van der Waals surface area contributed by atoms with Crippen LogP contribution in [0.25, 0.3) is 0 Å². The monoisotopic (exact) mass is 351 g/mol. The molecule has 0 atom stereocenters. The molecule has 6 nitrogen and oxygen atoms in total. The Morgan fingerprint density at radius 2 is 1.73 bits per heavy atom. The minimum absolute atomic E-state index is 0.105. The number of aryl methyl sites for hydroxylation is 1. The molecule has 2 aromatic rings. The van der Waals surface area contributed by atoms with Crippen LogP contribution >= 0.6 is 0 Å². The Kier molecular flexibility index (Phi) is 7.19. The van der Waals surface area contributed by atoms with Crippen molar-refractivity contribution in [1.29, 1.82) is 5.26 Å². The Bertz CT molecular complexity index is 812. The van der Waals surface area contributed by atoms with Crippen molar-refractivity contribution in [3.8, 4) is 11.8 Å². The maximum absolute atomic E-state index is 12.2. The van der Waals surface area contributed by atoms with Gasteiger partial charge in [-0.1, -0.05) is 43.3 Å². The Labute approximate surface area is 152 Å². The number of carbonyl (C=O) groups excluding carboxylic acids is 2. The number of amides is 2. The summed E-state index contributed by atoms with van der Waals surface area (Å²) in [6, 6.07) is 16.6. The van der Waals surface area contributed by atoms with E-state index in [9.17, 15) is 9.59 Å². The minimum Gasteiger partial charge on any atom is -0.483 e. The molecule has 0 aliphatic rings. The van der Waals surface area contributed by atoms with E-state index in [1.54, 1.807) is 24.3 Å². The number of rotatable bonds is 8. The normalized spacial score (nSPS) is 9.85. The van der Waals surface area contributed by atoms with E-state index < -0.39 is 0 Å². The predicted molar refractivity (Wildman–Crippen MR) is 98.5 cm³/mol. The van der Waals surface area contributed by atoms with Gasteiger partial charge >= 0.3 is 0 Å². The van der Waals surface area contributed by atoms with Gasteiger partial charge in [0.1, 0.15) is 12.2 Å². The Hall–Kier alpha value is -3.33.